The van der Waals surface area contributed by atoms with Gasteiger partial charge in [-0.25, -0.2) is 4.98 Å². The lowest BCUT2D eigenvalue weighted by atomic mass is 10.1. The second-order valence-electron chi connectivity index (χ2n) is 7.76. The molecule has 0 aliphatic carbocycles. The van der Waals surface area contributed by atoms with Crippen molar-refractivity contribution >= 4 is 16.8 Å². The molecule has 1 aliphatic rings. The third kappa shape index (κ3) is 4.62. The van der Waals surface area contributed by atoms with Crippen molar-refractivity contribution in [2.24, 2.45) is 0 Å². The number of nitrogens with zero attached hydrogens (tertiary/aromatic N) is 2. The molecule has 0 radical (unpaired) electrons. The third-order valence-electron chi connectivity index (χ3n) is 5.56. The van der Waals surface area contributed by atoms with Gasteiger partial charge in [0, 0.05) is 25.1 Å². The van der Waals surface area contributed by atoms with E-state index in [9.17, 15) is 22.8 Å². The Bertz CT molecular complexity index is 1170. The second-order valence-corrected chi connectivity index (χ2v) is 7.76. The number of benzene rings is 2. The maximum atomic E-state index is 12.9. The van der Waals surface area contributed by atoms with Gasteiger partial charge in [0.15, 0.2) is 0 Å². The largest absolute Gasteiger partial charge is 0.416 e. The Morgan fingerprint density at radius 3 is 2.52 bits per heavy atom. The van der Waals surface area contributed by atoms with Gasteiger partial charge in [0.1, 0.15) is 5.82 Å². The second kappa shape index (κ2) is 8.53. The summed E-state index contributed by atoms with van der Waals surface area (Å²) >= 11 is 0. The van der Waals surface area contributed by atoms with Gasteiger partial charge in [-0.15, -0.1) is 0 Å². The number of rotatable bonds is 3. The van der Waals surface area contributed by atoms with Crippen molar-refractivity contribution < 1.29 is 18.0 Å². The number of aryl methyl sites for hydroxylation is 1. The van der Waals surface area contributed by atoms with Crippen molar-refractivity contribution in [3.63, 3.8) is 0 Å². The summed E-state index contributed by atoms with van der Waals surface area (Å²) in [7, 11) is 0. The molecule has 1 aliphatic heterocycles. The topological polar surface area (TPSA) is 64.0 Å². The molecular formula is C23H22F3N3O2. The zero-order valence-electron chi connectivity index (χ0n) is 16.8. The fourth-order valence-electron chi connectivity index (χ4n) is 3.83. The summed E-state index contributed by atoms with van der Waals surface area (Å²) in [5, 5.41) is 3.18. The molecule has 0 spiro atoms. The van der Waals surface area contributed by atoms with E-state index in [4.69, 9.17) is 0 Å². The van der Waals surface area contributed by atoms with Crippen LogP contribution in [0.15, 0.2) is 47.3 Å². The highest BCUT2D eigenvalue weighted by atomic mass is 19.4. The van der Waals surface area contributed by atoms with Gasteiger partial charge < -0.3 is 5.32 Å². The Labute approximate surface area is 176 Å². The summed E-state index contributed by atoms with van der Waals surface area (Å²) in [6, 6.07) is 9.44. The Morgan fingerprint density at radius 2 is 1.77 bits per heavy atom. The molecule has 0 unspecified atom stereocenters. The lowest BCUT2D eigenvalue weighted by Gasteiger charge is -2.16. The number of alkyl halides is 3. The Balaban J connectivity index is 1.53. The van der Waals surface area contributed by atoms with E-state index in [2.05, 4.69) is 10.3 Å². The van der Waals surface area contributed by atoms with Gasteiger partial charge in [-0.2, -0.15) is 13.2 Å². The maximum Gasteiger partial charge on any atom is 0.416 e. The van der Waals surface area contributed by atoms with E-state index < -0.39 is 11.7 Å². The first-order chi connectivity index (χ1) is 14.8. The average Bonchev–Trinajstić information content (AvgIpc) is 2.73. The zero-order chi connectivity index (χ0) is 22.0. The molecule has 0 saturated carbocycles. The molecule has 1 aromatic heterocycles. The Kier molecular flexibility index (Phi) is 5.80. The van der Waals surface area contributed by atoms with Crippen molar-refractivity contribution in [3.05, 3.63) is 75.3 Å². The van der Waals surface area contributed by atoms with Crippen LogP contribution < -0.4 is 10.9 Å². The fourth-order valence-corrected chi connectivity index (χ4v) is 3.83. The van der Waals surface area contributed by atoms with Crippen LogP contribution in [-0.2, 0) is 25.7 Å². The van der Waals surface area contributed by atoms with Crippen molar-refractivity contribution in [2.75, 3.05) is 0 Å². The first-order valence-corrected chi connectivity index (χ1v) is 10.3. The Hall–Kier alpha value is -3.16. The van der Waals surface area contributed by atoms with Crippen LogP contribution in [-0.4, -0.2) is 15.5 Å². The maximum absolute atomic E-state index is 12.9. The minimum absolute atomic E-state index is 0.0846. The molecular weight excluding hydrogens is 407 g/mol. The number of carbonyl (C=O) groups is 1. The standard InChI is InChI=1S/C23H22F3N3O2/c24-23(25,26)17-9-6-15(7-10-17)14-27-21(30)16-8-11-18-19(13-16)28-20-5-3-1-2-4-12-29(20)22(18)31/h6-11,13H,1-5,12,14H2,(H,27,30). The van der Waals surface area contributed by atoms with Crippen LogP contribution in [0.5, 0.6) is 0 Å². The first-order valence-electron chi connectivity index (χ1n) is 10.3. The predicted octanol–water partition coefficient (Wildman–Crippen LogP) is 4.46. The van der Waals surface area contributed by atoms with Gasteiger partial charge in [-0.05, 0) is 48.7 Å². The summed E-state index contributed by atoms with van der Waals surface area (Å²) in [6.07, 6.45) is 0.476. The molecule has 0 atom stereocenters. The quantitative estimate of drug-likeness (QED) is 0.669. The van der Waals surface area contributed by atoms with E-state index in [1.807, 2.05) is 0 Å². The van der Waals surface area contributed by atoms with E-state index >= 15 is 0 Å². The van der Waals surface area contributed by atoms with E-state index in [1.54, 1.807) is 22.8 Å². The lowest BCUT2D eigenvalue weighted by molar-refractivity contribution is -0.137. The molecule has 31 heavy (non-hydrogen) atoms. The van der Waals surface area contributed by atoms with Gasteiger partial charge >= 0.3 is 6.18 Å². The van der Waals surface area contributed by atoms with Crippen LogP contribution in [0.1, 0.15) is 53.0 Å². The molecule has 1 amide bonds. The molecule has 0 fully saturated rings. The minimum atomic E-state index is -4.39. The van der Waals surface area contributed by atoms with Gasteiger partial charge in [0.25, 0.3) is 11.5 Å². The van der Waals surface area contributed by atoms with Gasteiger partial charge in [-0.3, -0.25) is 14.2 Å². The van der Waals surface area contributed by atoms with Crippen molar-refractivity contribution in [1.29, 1.82) is 0 Å². The van der Waals surface area contributed by atoms with E-state index in [-0.39, 0.29) is 18.0 Å². The van der Waals surface area contributed by atoms with Crippen LogP contribution in [0.4, 0.5) is 13.2 Å². The minimum Gasteiger partial charge on any atom is -0.348 e. The molecule has 5 nitrogen and oxygen atoms in total. The van der Waals surface area contributed by atoms with Crippen LogP contribution in [0, 0.1) is 0 Å². The number of hydrogen-bond donors (Lipinski definition) is 1. The van der Waals surface area contributed by atoms with Crippen molar-refractivity contribution in [3.8, 4) is 0 Å². The SMILES string of the molecule is O=C(NCc1ccc(C(F)(F)F)cc1)c1ccc2c(=O)n3c(nc2c1)CCCCCC3. The van der Waals surface area contributed by atoms with E-state index in [0.717, 1.165) is 50.1 Å². The number of aromatic nitrogens is 2. The summed E-state index contributed by atoms with van der Waals surface area (Å²) in [6.45, 7) is 0.752. The number of amides is 1. The molecule has 0 bridgehead atoms. The van der Waals surface area contributed by atoms with Gasteiger partial charge in [0.05, 0.1) is 16.5 Å². The smallest absolute Gasteiger partial charge is 0.348 e. The monoisotopic (exact) mass is 429 g/mol. The average molecular weight is 429 g/mol. The first kappa shape index (κ1) is 21.1. The molecule has 3 aromatic rings. The molecule has 162 valence electrons. The summed E-state index contributed by atoms with van der Waals surface area (Å²) in [5.41, 5.74) is 0.573. The molecule has 8 heteroatoms. The van der Waals surface area contributed by atoms with Crippen molar-refractivity contribution in [1.82, 2.24) is 14.9 Å². The fraction of sp³-hybridized carbons (Fsp3) is 0.348. The van der Waals surface area contributed by atoms with Crippen molar-refractivity contribution in [2.45, 2.75) is 51.4 Å². The number of hydrogen-bond acceptors (Lipinski definition) is 3. The highest BCUT2D eigenvalue weighted by molar-refractivity contribution is 5.97. The molecule has 0 saturated heterocycles. The summed E-state index contributed by atoms with van der Waals surface area (Å²) in [5.74, 6) is 0.370. The van der Waals surface area contributed by atoms with E-state index in [1.165, 1.54) is 12.1 Å². The highest BCUT2D eigenvalue weighted by Gasteiger charge is 2.29. The molecule has 1 N–H and O–H groups in total. The summed E-state index contributed by atoms with van der Waals surface area (Å²) in [4.78, 5) is 30.1. The lowest BCUT2D eigenvalue weighted by Crippen LogP contribution is -2.27. The summed E-state index contributed by atoms with van der Waals surface area (Å²) < 4.78 is 39.7. The van der Waals surface area contributed by atoms with Crippen LogP contribution in [0.3, 0.4) is 0 Å². The third-order valence-corrected chi connectivity index (χ3v) is 5.56. The highest BCUT2D eigenvalue weighted by Crippen LogP contribution is 2.29. The van der Waals surface area contributed by atoms with Gasteiger partial charge in [-0.1, -0.05) is 25.0 Å². The van der Waals surface area contributed by atoms with Crippen LogP contribution in [0.25, 0.3) is 10.9 Å². The number of carbonyl (C=O) groups excluding carboxylic acids is 1. The number of halogens is 3. The van der Waals surface area contributed by atoms with Crippen LogP contribution in [0.2, 0.25) is 0 Å². The van der Waals surface area contributed by atoms with Crippen LogP contribution >= 0.6 is 0 Å². The normalized spacial score (nSPS) is 14.5. The van der Waals surface area contributed by atoms with E-state index in [0.29, 0.717) is 28.6 Å². The van der Waals surface area contributed by atoms with Gasteiger partial charge in [0.2, 0.25) is 0 Å². The number of nitrogens with one attached hydrogen (secondary N) is 1. The molecule has 4 rings (SSSR count). The molecule has 2 aromatic carbocycles. The molecule has 2 heterocycles. The Morgan fingerprint density at radius 1 is 1.03 bits per heavy atom. The predicted molar refractivity (Wildman–Crippen MR) is 111 cm³/mol. The number of fused-ring (bicyclic) bond motifs is 2. The zero-order valence-corrected chi connectivity index (χ0v) is 16.8.